The SMILES string of the molecule is COc1ccc(CNC(=O)CSc2nc3ccsc3c(=O)n2Cc2ccccc2)cc1OC. The molecular weight excluding hydrogens is 458 g/mol. The Morgan fingerprint density at radius 3 is 2.61 bits per heavy atom. The minimum Gasteiger partial charge on any atom is -0.493 e. The summed E-state index contributed by atoms with van der Waals surface area (Å²) < 4.78 is 12.8. The number of carbonyl (C=O) groups excluding carboxylic acids is 1. The van der Waals surface area contributed by atoms with E-state index in [1.54, 1.807) is 24.9 Å². The zero-order chi connectivity index (χ0) is 23.2. The summed E-state index contributed by atoms with van der Waals surface area (Å²) >= 11 is 2.63. The Hall–Kier alpha value is -3.30. The van der Waals surface area contributed by atoms with E-state index < -0.39 is 0 Å². The second kappa shape index (κ2) is 10.5. The first-order valence-corrected chi connectivity index (χ1v) is 12.1. The summed E-state index contributed by atoms with van der Waals surface area (Å²) in [4.78, 5) is 30.3. The number of methoxy groups -OCH3 is 2. The Bertz CT molecular complexity index is 1320. The summed E-state index contributed by atoms with van der Waals surface area (Å²) in [6, 6.07) is 17.1. The van der Waals surface area contributed by atoms with Crippen LogP contribution < -0.4 is 20.3 Å². The third-order valence-corrected chi connectivity index (χ3v) is 6.85. The number of carbonyl (C=O) groups is 1. The van der Waals surface area contributed by atoms with Crippen LogP contribution >= 0.6 is 23.1 Å². The monoisotopic (exact) mass is 481 g/mol. The Kier molecular flexibility index (Phi) is 7.31. The maximum Gasteiger partial charge on any atom is 0.272 e. The number of hydrogen-bond acceptors (Lipinski definition) is 7. The molecule has 0 saturated carbocycles. The van der Waals surface area contributed by atoms with Crippen molar-refractivity contribution in [3.63, 3.8) is 0 Å². The molecule has 9 heteroatoms. The van der Waals surface area contributed by atoms with Gasteiger partial charge in [-0.25, -0.2) is 4.98 Å². The van der Waals surface area contributed by atoms with Crippen LogP contribution in [0, 0.1) is 0 Å². The lowest BCUT2D eigenvalue weighted by molar-refractivity contribution is -0.118. The number of benzene rings is 2. The van der Waals surface area contributed by atoms with Gasteiger partial charge in [-0.05, 0) is 34.7 Å². The van der Waals surface area contributed by atoms with E-state index in [2.05, 4.69) is 10.3 Å². The molecule has 2 aromatic heterocycles. The van der Waals surface area contributed by atoms with Gasteiger partial charge < -0.3 is 14.8 Å². The highest BCUT2D eigenvalue weighted by Gasteiger charge is 2.15. The van der Waals surface area contributed by atoms with Gasteiger partial charge in [-0.15, -0.1) is 11.3 Å². The number of nitrogens with zero attached hydrogens (tertiary/aromatic N) is 2. The first-order valence-electron chi connectivity index (χ1n) is 10.2. The largest absolute Gasteiger partial charge is 0.493 e. The van der Waals surface area contributed by atoms with Crippen molar-refractivity contribution in [2.24, 2.45) is 0 Å². The van der Waals surface area contributed by atoms with Crippen LogP contribution in [-0.2, 0) is 17.9 Å². The standard InChI is InChI=1S/C24H23N3O4S2/c1-30-19-9-8-17(12-20(19)31-2)13-25-21(28)15-33-24-26-18-10-11-32-22(18)23(29)27(24)14-16-6-4-3-5-7-16/h3-12H,13-15H2,1-2H3,(H,25,28). The molecule has 0 radical (unpaired) electrons. The first-order chi connectivity index (χ1) is 16.1. The quantitative estimate of drug-likeness (QED) is 0.288. The molecule has 0 fully saturated rings. The molecule has 4 aromatic rings. The number of nitrogens with one attached hydrogen (secondary N) is 1. The van der Waals surface area contributed by atoms with Gasteiger partial charge >= 0.3 is 0 Å². The number of amides is 1. The van der Waals surface area contributed by atoms with Gasteiger partial charge in [0.1, 0.15) is 4.70 Å². The molecule has 0 saturated heterocycles. The van der Waals surface area contributed by atoms with Crippen molar-refractivity contribution in [3.05, 3.63) is 81.5 Å². The fourth-order valence-electron chi connectivity index (χ4n) is 3.31. The zero-order valence-electron chi connectivity index (χ0n) is 18.2. The molecule has 2 heterocycles. The molecule has 33 heavy (non-hydrogen) atoms. The number of hydrogen-bond donors (Lipinski definition) is 1. The summed E-state index contributed by atoms with van der Waals surface area (Å²) in [5.41, 5.74) is 2.46. The average Bonchev–Trinajstić information content (AvgIpc) is 3.32. The molecule has 2 aromatic carbocycles. The second-order valence-corrected chi connectivity index (χ2v) is 9.02. The van der Waals surface area contributed by atoms with Gasteiger partial charge in [0.15, 0.2) is 16.7 Å². The molecule has 4 rings (SSSR count). The molecule has 0 spiro atoms. The molecule has 7 nitrogen and oxygen atoms in total. The number of aromatic nitrogens is 2. The summed E-state index contributed by atoms with van der Waals surface area (Å²) in [7, 11) is 3.15. The van der Waals surface area contributed by atoms with Gasteiger partial charge in [0.2, 0.25) is 5.91 Å². The van der Waals surface area contributed by atoms with Crippen molar-refractivity contribution in [1.29, 1.82) is 0 Å². The molecule has 0 bridgehead atoms. The van der Waals surface area contributed by atoms with Crippen LogP contribution in [0.25, 0.3) is 10.2 Å². The number of thiophene rings is 1. The van der Waals surface area contributed by atoms with E-state index in [4.69, 9.17) is 9.47 Å². The normalized spacial score (nSPS) is 10.8. The Balaban J connectivity index is 1.46. The maximum atomic E-state index is 13.1. The van der Waals surface area contributed by atoms with E-state index in [0.717, 1.165) is 11.1 Å². The highest BCUT2D eigenvalue weighted by Crippen LogP contribution is 2.27. The Labute approximate surface area is 199 Å². The smallest absolute Gasteiger partial charge is 0.272 e. The average molecular weight is 482 g/mol. The van der Waals surface area contributed by atoms with E-state index in [1.165, 1.54) is 23.1 Å². The van der Waals surface area contributed by atoms with Crippen LogP contribution in [0.4, 0.5) is 0 Å². The second-order valence-electron chi connectivity index (χ2n) is 7.16. The molecule has 1 N–H and O–H groups in total. The summed E-state index contributed by atoms with van der Waals surface area (Å²) in [6.45, 7) is 0.754. The van der Waals surface area contributed by atoms with Gasteiger partial charge in [-0.1, -0.05) is 48.2 Å². The van der Waals surface area contributed by atoms with Crippen molar-refractivity contribution < 1.29 is 14.3 Å². The van der Waals surface area contributed by atoms with Crippen LogP contribution in [-0.4, -0.2) is 35.4 Å². The van der Waals surface area contributed by atoms with Crippen LogP contribution in [0.15, 0.2) is 69.9 Å². The molecule has 170 valence electrons. The predicted octanol–water partition coefficient (Wildman–Crippen LogP) is 3.93. The molecule has 0 aliphatic carbocycles. The van der Waals surface area contributed by atoms with Crippen molar-refractivity contribution in [1.82, 2.24) is 14.9 Å². The van der Waals surface area contributed by atoms with Crippen molar-refractivity contribution in [2.45, 2.75) is 18.2 Å². The first kappa shape index (κ1) is 22.9. The minimum atomic E-state index is -0.152. The van der Waals surface area contributed by atoms with Gasteiger partial charge in [0.25, 0.3) is 5.56 Å². The number of fused-ring (bicyclic) bond motifs is 1. The topological polar surface area (TPSA) is 82.5 Å². The lowest BCUT2D eigenvalue weighted by atomic mass is 10.2. The highest BCUT2D eigenvalue weighted by molar-refractivity contribution is 7.99. The maximum absolute atomic E-state index is 13.1. The van der Waals surface area contributed by atoms with Crippen molar-refractivity contribution in [2.75, 3.05) is 20.0 Å². The number of ether oxygens (including phenoxy) is 2. The molecule has 0 aliphatic rings. The van der Waals surface area contributed by atoms with Crippen molar-refractivity contribution in [3.8, 4) is 11.5 Å². The van der Waals surface area contributed by atoms with Crippen LogP contribution in [0.5, 0.6) is 11.5 Å². The number of thioether (sulfide) groups is 1. The summed E-state index contributed by atoms with van der Waals surface area (Å²) in [5.74, 6) is 1.23. The van der Waals surface area contributed by atoms with E-state index in [9.17, 15) is 9.59 Å². The van der Waals surface area contributed by atoms with E-state index >= 15 is 0 Å². The summed E-state index contributed by atoms with van der Waals surface area (Å²) in [6.07, 6.45) is 0. The fraction of sp³-hybridized carbons (Fsp3) is 0.208. The predicted molar refractivity (Wildman–Crippen MR) is 132 cm³/mol. The third-order valence-electron chi connectivity index (χ3n) is 4.98. The summed E-state index contributed by atoms with van der Waals surface area (Å²) in [5, 5.41) is 5.29. The molecule has 0 atom stereocenters. The van der Waals surface area contributed by atoms with E-state index in [-0.39, 0.29) is 17.2 Å². The minimum absolute atomic E-state index is 0.0907. The van der Waals surface area contributed by atoms with Gasteiger partial charge in [0.05, 0.1) is 32.0 Å². The van der Waals surface area contributed by atoms with Gasteiger partial charge in [-0.2, -0.15) is 0 Å². The van der Waals surface area contributed by atoms with Crippen molar-refractivity contribution >= 4 is 39.2 Å². The van der Waals surface area contributed by atoms with E-state index in [1.807, 2.05) is 53.9 Å². The zero-order valence-corrected chi connectivity index (χ0v) is 19.9. The van der Waals surface area contributed by atoms with Crippen LogP contribution in [0.3, 0.4) is 0 Å². The third kappa shape index (κ3) is 5.37. The van der Waals surface area contributed by atoms with Gasteiger partial charge in [-0.3, -0.25) is 14.2 Å². The lowest BCUT2D eigenvalue weighted by Crippen LogP contribution is -2.26. The Morgan fingerprint density at radius 1 is 1.06 bits per heavy atom. The van der Waals surface area contributed by atoms with E-state index in [0.29, 0.717) is 40.0 Å². The molecular formula is C24H23N3O4S2. The Morgan fingerprint density at radius 2 is 1.85 bits per heavy atom. The molecule has 1 amide bonds. The number of rotatable bonds is 9. The highest BCUT2D eigenvalue weighted by atomic mass is 32.2. The lowest BCUT2D eigenvalue weighted by Gasteiger charge is -2.13. The van der Waals surface area contributed by atoms with Crippen LogP contribution in [0.1, 0.15) is 11.1 Å². The molecule has 0 unspecified atom stereocenters. The molecule has 0 aliphatic heterocycles. The van der Waals surface area contributed by atoms with Crippen LogP contribution in [0.2, 0.25) is 0 Å². The fourth-order valence-corrected chi connectivity index (χ4v) is 4.92. The van der Waals surface area contributed by atoms with Gasteiger partial charge in [0, 0.05) is 6.54 Å².